The van der Waals surface area contributed by atoms with Crippen molar-refractivity contribution in [1.82, 2.24) is 0 Å². The maximum Gasteiger partial charge on any atom is 0.119 e. The van der Waals surface area contributed by atoms with E-state index in [9.17, 15) is 0 Å². The van der Waals surface area contributed by atoms with Crippen molar-refractivity contribution in [2.75, 3.05) is 7.11 Å². The van der Waals surface area contributed by atoms with Crippen LogP contribution in [0.1, 0.15) is 0 Å². The third kappa shape index (κ3) is 1.14. The van der Waals surface area contributed by atoms with Crippen LogP contribution < -0.4 is 4.74 Å². The predicted octanol–water partition coefficient (Wildman–Crippen LogP) is 2.45. The van der Waals surface area contributed by atoms with Gasteiger partial charge in [-0.25, -0.2) is 0 Å². The van der Waals surface area contributed by atoms with Crippen LogP contribution in [0.25, 0.3) is 10.8 Å². The molecule has 0 amide bonds. The lowest BCUT2D eigenvalue weighted by Crippen LogP contribution is -1.81. The molecule has 0 spiro atoms. The summed E-state index contributed by atoms with van der Waals surface area (Å²) in [5, 5.41) is 2.11. The van der Waals surface area contributed by atoms with Crippen molar-refractivity contribution in [2.45, 2.75) is 0 Å². The zero-order valence-corrected chi connectivity index (χ0v) is 6.79. The number of fused-ring (bicyclic) bond motifs is 1. The van der Waals surface area contributed by atoms with E-state index >= 15 is 0 Å². The van der Waals surface area contributed by atoms with Gasteiger partial charge >= 0.3 is 0 Å². The lowest BCUT2D eigenvalue weighted by Gasteiger charge is -2.00. The summed E-state index contributed by atoms with van der Waals surface area (Å²) in [4.78, 5) is 0. The van der Waals surface area contributed by atoms with Crippen molar-refractivity contribution in [1.29, 1.82) is 0 Å². The van der Waals surface area contributed by atoms with Crippen LogP contribution in [-0.2, 0) is 0 Å². The summed E-state index contributed by atoms with van der Waals surface area (Å²) < 4.78 is 5.09. The quantitative estimate of drug-likeness (QED) is 0.616. The molecule has 0 N–H and O–H groups in total. The molecule has 0 saturated carbocycles. The van der Waals surface area contributed by atoms with Crippen molar-refractivity contribution in [2.24, 2.45) is 0 Å². The Balaban J connectivity index is 2.67. The molecule has 1 heteroatoms. The molecule has 2 rings (SSSR count). The molecular weight excluding hydrogens is 148 g/mol. The zero-order valence-electron chi connectivity index (χ0n) is 6.79. The summed E-state index contributed by atoms with van der Waals surface area (Å²) in [6.07, 6.45) is 0. The van der Waals surface area contributed by atoms with Gasteiger partial charge in [-0.15, -0.1) is 0 Å². The first-order valence-corrected chi connectivity index (χ1v) is 3.76. The molecule has 2 radical (unpaired) electrons. The molecule has 0 saturated heterocycles. The van der Waals surface area contributed by atoms with Gasteiger partial charge in [-0.1, -0.05) is 18.2 Å². The normalized spacial score (nSPS) is 10.1. The fraction of sp³-hybridized carbons (Fsp3) is 0.0909. The zero-order chi connectivity index (χ0) is 8.39. The standard InChI is InChI=1S/C11H8O/c1-12-11-7-6-9-4-2-3-5-10(9)8-11/h2-3,6-8H,1H3. The van der Waals surface area contributed by atoms with E-state index in [-0.39, 0.29) is 0 Å². The van der Waals surface area contributed by atoms with E-state index in [1.54, 1.807) is 7.11 Å². The minimum Gasteiger partial charge on any atom is -0.497 e. The Kier molecular flexibility index (Phi) is 1.71. The van der Waals surface area contributed by atoms with Crippen LogP contribution in [0, 0.1) is 12.1 Å². The van der Waals surface area contributed by atoms with Crippen molar-refractivity contribution >= 4 is 10.8 Å². The highest BCUT2D eigenvalue weighted by Gasteiger charge is 1.94. The van der Waals surface area contributed by atoms with Gasteiger partial charge in [-0.05, 0) is 35.0 Å². The largest absolute Gasteiger partial charge is 0.497 e. The predicted molar refractivity (Wildman–Crippen MR) is 48.2 cm³/mol. The maximum atomic E-state index is 5.09. The lowest BCUT2D eigenvalue weighted by atomic mass is 10.1. The van der Waals surface area contributed by atoms with E-state index in [1.165, 1.54) is 0 Å². The number of rotatable bonds is 1. The molecule has 58 valence electrons. The van der Waals surface area contributed by atoms with Crippen molar-refractivity contribution in [3.63, 3.8) is 0 Å². The first kappa shape index (κ1) is 7.17. The highest BCUT2D eigenvalue weighted by molar-refractivity contribution is 5.82. The van der Waals surface area contributed by atoms with Crippen LogP contribution >= 0.6 is 0 Å². The molecule has 0 aliphatic rings. The number of hydrogen-bond acceptors (Lipinski definition) is 1. The van der Waals surface area contributed by atoms with Gasteiger partial charge in [0, 0.05) is 0 Å². The summed E-state index contributed by atoms with van der Waals surface area (Å²) in [5.74, 6) is 0.860. The fourth-order valence-corrected chi connectivity index (χ4v) is 1.16. The molecule has 0 aromatic heterocycles. The molecule has 0 fully saturated rings. The number of methoxy groups -OCH3 is 1. The van der Waals surface area contributed by atoms with Gasteiger partial charge in [0.25, 0.3) is 0 Å². The molecule has 1 nitrogen and oxygen atoms in total. The van der Waals surface area contributed by atoms with Gasteiger partial charge in [-0.2, -0.15) is 0 Å². The second kappa shape index (κ2) is 2.86. The summed E-state index contributed by atoms with van der Waals surface area (Å²) in [5.41, 5.74) is 0. The van der Waals surface area contributed by atoms with Crippen LogP contribution in [-0.4, -0.2) is 7.11 Å². The van der Waals surface area contributed by atoms with E-state index in [0.717, 1.165) is 16.5 Å². The number of ether oxygens (including phenoxy) is 1. The van der Waals surface area contributed by atoms with Crippen LogP contribution in [0.15, 0.2) is 30.3 Å². The third-order valence-corrected chi connectivity index (χ3v) is 1.79. The Labute approximate surface area is 71.6 Å². The summed E-state index contributed by atoms with van der Waals surface area (Å²) in [6.45, 7) is 0. The maximum absolute atomic E-state index is 5.09. The van der Waals surface area contributed by atoms with Gasteiger partial charge in [0.2, 0.25) is 0 Å². The molecule has 2 aromatic carbocycles. The topological polar surface area (TPSA) is 9.23 Å². The summed E-state index contributed by atoms with van der Waals surface area (Å²) in [6, 6.07) is 15.8. The lowest BCUT2D eigenvalue weighted by molar-refractivity contribution is 0.415. The molecule has 0 aliphatic heterocycles. The van der Waals surface area contributed by atoms with E-state index < -0.39 is 0 Å². The van der Waals surface area contributed by atoms with Gasteiger partial charge in [0.1, 0.15) is 5.75 Å². The molecule has 2 aromatic rings. The Morgan fingerprint density at radius 3 is 2.58 bits per heavy atom. The third-order valence-electron chi connectivity index (χ3n) is 1.79. The molecule has 0 bridgehead atoms. The van der Waals surface area contributed by atoms with Crippen molar-refractivity contribution in [3.05, 3.63) is 42.5 Å². The van der Waals surface area contributed by atoms with Gasteiger partial charge in [0.15, 0.2) is 0 Å². The molecule has 0 atom stereocenters. The Morgan fingerprint density at radius 2 is 1.83 bits per heavy atom. The molecule has 12 heavy (non-hydrogen) atoms. The van der Waals surface area contributed by atoms with E-state index in [4.69, 9.17) is 4.74 Å². The van der Waals surface area contributed by atoms with Crippen molar-refractivity contribution in [3.8, 4) is 5.75 Å². The first-order chi connectivity index (χ1) is 5.90. The Hall–Kier alpha value is -1.50. The fourth-order valence-electron chi connectivity index (χ4n) is 1.16. The van der Waals surface area contributed by atoms with E-state index in [2.05, 4.69) is 12.1 Å². The molecule has 0 unspecified atom stereocenters. The van der Waals surface area contributed by atoms with Crippen LogP contribution in [0.5, 0.6) is 5.75 Å². The Bertz CT molecular complexity index is 393. The summed E-state index contributed by atoms with van der Waals surface area (Å²) in [7, 11) is 1.66. The molecular formula is C11H8O. The highest BCUT2D eigenvalue weighted by Crippen LogP contribution is 2.18. The second-order valence-electron chi connectivity index (χ2n) is 2.53. The minimum atomic E-state index is 0.860. The average Bonchev–Trinajstić information content (AvgIpc) is 2.17. The number of benzene rings is 2. The first-order valence-electron chi connectivity index (χ1n) is 3.76. The van der Waals surface area contributed by atoms with Gasteiger partial charge in [-0.3, -0.25) is 0 Å². The van der Waals surface area contributed by atoms with Gasteiger partial charge in [0.05, 0.1) is 7.11 Å². The van der Waals surface area contributed by atoms with E-state index in [1.807, 2.05) is 30.3 Å². The van der Waals surface area contributed by atoms with Crippen molar-refractivity contribution < 1.29 is 4.74 Å². The van der Waals surface area contributed by atoms with E-state index in [0.29, 0.717) is 0 Å². The summed E-state index contributed by atoms with van der Waals surface area (Å²) >= 11 is 0. The monoisotopic (exact) mass is 156 g/mol. The SMILES string of the molecule is COc1ccc2[c]cc[c]c2c1. The second-order valence-corrected chi connectivity index (χ2v) is 2.53. The minimum absolute atomic E-state index is 0.860. The number of hydrogen-bond donors (Lipinski definition) is 0. The van der Waals surface area contributed by atoms with Crippen LogP contribution in [0.4, 0.5) is 0 Å². The van der Waals surface area contributed by atoms with Gasteiger partial charge < -0.3 is 4.74 Å². The molecule has 0 heterocycles. The molecule has 0 aliphatic carbocycles. The highest BCUT2D eigenvalue weighted by atomic mass is 16.5. The smallest absolute Gasteiger partial charge is 0.119 e. The van der Waals surface area contributed by atoms with Crippen LogP contribution in [0.2, 0.25) is 0 Å². The van der Waals surface area contributed by atoms with Crippen LogP contribution in [0.3, 0.4) is 0 Å². The Morgan fingerprint density at radius 1 is 1.08 bits per heavy atom. The average molecular weight is 156 g/mol.